The molecule has 0 saturated carbocycles. The molecule has 0 atom stereocenters. The maximum absolute atomic E-state index is 9.12. The standard InChI is InChI=1S/C7H16N2O2/c1-6(2)7(10,11)9-5-3-4-8/h9-11H,1,3-5,8H2,2H3. The fourth-order valence-electron chi connectivity index (χ4n) is 0.516. The molecule has 66 valence electrons. The van der Waals surface area contributed by atoms with Gasteiger partial charge in [0.1, 0.15) is 0 Å². The summed E-state index contributed by atoms with van der Waals surface area (Å²) in [5.41, 5.74) is 5.48. The summed E-state index contributed by atoms with van der Waals surface area (Å²) in [6.07, 6.45) is 0.705. The number of hydrogen-bond acceptors (Lipinski definition) is 4. The minimum Gasteiger partial charge on any atom is -0.350 e. The summed E-state index contributed by atoms with van der Waals surface area (Å²) in [6, 6.07) is 0. The number of nitrogens with one attached hydrogen (secondary N) is 1. The summed E-state index contributed by atoms with van der Waals surface area (Å²) in [6.45, 7) is 5.94. The highest BCUT2D eigenvalue weighted by Crippen LogP contribution is 2.05. The number of rotatable bonds is 5. The van der Waals surface area contributed by atoms with Crippen molar-refractivity contribution in [2.45, 2.75) is 19.3 Å². The van der Waals surface area contributed by atoms with Gasteiger partial charge in [0, 0.05) is 6.54 Å². The Bertz CT molecular complexity index is 134. The van der Waals surface area contributed by atoms with Crippen LogP contribution in [0.25, 0.3) is 0 Å². The van der Waals surface area contributed by atoms with Crippen LogP contribution >= 0.6 is 0 Å². The first-order chi connectivity index (χ1) is 5.00. The van der Waals surface area contributed by atoms with E-state index in [2.05, 4.69) is 11.9 Å². The Labute approximate surface area is 66.7 Å². The van der Waals surface area contributed by atoms with Crippen LogP contribution in [-0.4, -0.2) is 29.2 Å². The molecule has 0 amide bonds. The third kappa shape index (κ3) is 4.10. The van der Waals surface area contributed by atoms with Crippen LogP contribution in [0, 0.1) is 0 Å². The Morgan fingerprint density at radius 1 is 1.64 bits per heavy atom. The minimum absolute atomic E-state index is 0.273. The zero-order valence-electron chi connectivity index (χ0n) is 6.80. The Kier molecular flexibility index (Phi) is 4.29. The van der Waals surface area contributed by atoms with Gasteiger partial charge >= 0.3 is 0 Å². The Morgan fingerprint density at radius 2 is 2.18 bits per heavy atom. The van der Waals surface area contributed by atoms with Crippen LogP contribution in [0.4, 0.5) is 0 Å². The molecule has 0 saturated heterocycles. The van der Waals surface area contributed by atoms with E-state index in [0.717, 1.165) is 0 Å². The van der Waals surface area contributed by atoms with Gasteiger partial charge in [-0.05, 0) is 25.5 Å². The lowest BCUT2D eigenvalue weighted by Crippen LogP contribution is -2.46. The van der Waals surface area contributed by atoms with E-state index in [-0.39, 0.29) is 5.57 Å². The third-order valence-corrected chi connectivity index (χ3v) is 1.35. The average Bonchev–Trinajstić information content (AvgIpc) is 1.88. The molecular formula is C7H16N2O2. The van der Waals surface area contributed by atoms with Crippen molar-refractivity contribution in [3.8, 4) is 0 Å². The van der Waals surface area contributed by atoms with Crippen molar-refractivity contribution in [1.29, 1.82) is 0 Å². The third-order valence-electron chi connectivity index (χ3n) is 1.35. The van der Waals surface area contributed by atoms with Gasteiger partial charge in [-0.15, -0.1) is 0 Å². The van der Waals surface area contributed by atoms with Crippen LogP contribution in [0.3, 0.4) is 0 Å². The molecule has 0 spiro atoms. The highest BCUT2D eigenvalue weighted by Gasteiger charge is 2.21. The lowest BCUT2D eigenvalue weighted by molar-refractivity contribution is -0.152. The molecule has 4 nitrogen and oxygen atoms in total. The van der Waals surface area contributed by atoms with Crippen LogP contribution in [0.2, 0.25) is 0 Å². The molecule has 0 aromatic heterocycles. The first kappa shape index (κ1) is 10.6. The van der Waals surface area contributed by atoms with Gasteiger partial charge in [0.15, 0.2) is 0 Å². The molecule has 0 aromatic carbocycles. The predicted octanol–water partition coefficient (Wildman–Crippen LogP) is -0.861. The first-order valence-corrected chi connectivity index (χ1v) is 3.56. The second-order valence-corrected chi connectivity index (χ2v) is 2.52. The second-order valence-electron chi connectivity index (χ2n) is 2.52. The van der Waals surface area contributed by atoms with Crippen LogP contribution in [0.15, 0.2) is 12.2 Å². The Hall–Kier alpha value is -0.420. The molecule has 0 rings (SSSR count). The van der Waals surface area contributed by atoms with Gasteiger partial charge in [-0.3, -0.25) is 5.32 Å². The second kappa shape index (κ2) is 4.46. The molecule has 0 aromatic rings. The summed E-state index contributed by atoms with van der Waals surface area (Å²) < 4.78 is 0. The van der Waals surface area contributed by atoms with E-state index in [0.29, 0.717) is 19.5 Å². The van der Waals surface area contributed by atoms with Gasteiger partial charge in [0.05, 0.1) is 0 Å². The van der Waals surface area contributed by atoms with Crippen LogP contribution < -0.4 is 11.1 Å². The van der Waals surface area contributed by atoms with Crippen molar-refractivity contribution >= 4 is 0 Å². The van der Waals surface area contributed by atoms with Crippen molar-refractivity contribution in [3.05, 3.63) is 12.2 Å². The normalized spacial score (nSPS) is 11.6. The largest absolute Gasteiger partial charge is 0.350 e. The van der Waals surface area contributed by atoms with Gasteiger partial charge in [-0.1, -0.05) is 6.58 Å². The van der Waals surface area contributed by atoms with Crippen molar-refractivity contribution in [1.82, 2.24) is 5.32 Å². The predicted molar refractivity (Wildman–Crippen MR) is 43.7 cm³/mol. The molecule has 0 aliphatic heterocycles. The van der Waals surface area contributed by atoms with Crippen molar-refractivity contribution < 1.29 is 10.2 Å². The Morgan fingerprint density at radius 3 is 2.55 bits per heavy atom. The number of hydrogen-bond donors (Lipinski definition) is 4. The Balaban J connectivity index is 3.64. The molecule has 0 heterocycles. The van der Waals surface area contributed by atoms with E-state index in [4.69, 9.17) is 15.9 Å². The van der Waals surface area contributed by atoms with Gasteiger partial charge in [-0.2, -0.15) is 0 Å². The monoisotopic (exact) mass is 160 g/mol. The molecule has 0 aliphatic rings. The zero-order valence-corrected chi connectivity index (χ0v) is 6.80. The van der Waals surface area contributed by atoms with Crippen LogP contribution in [0.5, 0.6) is 0 Å². The van der Waals surface area contributed by atoms with Gasteiger partial charge in [-0.25, -0.2) is 0 Å². The van der Waals surface area contributed by atoms with E-state index >= 15 is 0 Å². The van der Waals surface area contributed by atoms with E-state index in [1.807, 2.05) is 0 Å². The summed E-state index contributed by atoms with van der Waals surface area (Å²) >= 11 is 0. The van der Waals surface area contributed by atoms with Gasteiger partial charge in [0.25, 0.3) is 0 Å². The minimum atomic E-state index is -1.95. The van der Waals surface area contributed by atoms with Gasteiger partial charge < -0.3 is 15.9 Å². The molecule has 0 fully saturated rings. The first-order valence-electron chi connectivity index (χ1n) is 3.56. The zero-order chi connectivity index (χ0) is 8.91. The lowest BCUT2D eigenvalue weighted by Gasteiger charge is -2.22. The molecule has 4 heteroatoms. The molecule has 0 aliphatic carbocycles. The van der Waals surface area contributed by atoms with Crippen molar-refractivity contribution in [2.75, 3.05) is 13.1 Å². The maximum Gasteiger partial charge on any atom is 0.245 e. The number of nitrogens with two attached hydrogens (primary N) is 1. The smallest absolute Gasteiger partial charge is 0.245 e. The summed E-state index contributed by atoms with van der Waals surface area (Å²) in [7, 11) is 0. The van der Waals surface area contributed by atoms with E-state index in [9.17, 15) is 0 Å². The highest BCUT2D eigenvalue weighted by atomic mass is 16.5. The van der Waals surface area contributed by atoms with Crippen LogP contribution in [-0.2, 0) is 0 Å². The lowest BCUT2D eigenvalue weighted by atomic mass is 10.2. The quantitative estimate of drug-likeness (QED) is 0.240. The molecular weight excluding hydrogens is 144 g/mol. The summed E-state index contributed by atoms with van der Waals surface area (Å²) in [5.74, 6) is -1.95. The molecule has 0 radical (unpaired) electrons. The summed E-state index contributed by atoms with van der Waals surface area (Å²) in [5, 5.41) is 20.7. The molecule has 0 bridgehead atoms. The van der Waals surface area contributed by atoms with E-state index < -0.39 is 5.91 Å². The number of aliphatic hydroxyl groups is 2. The average molecular weight is 160 g/mol. The van der Waals surface area contributed by atoms with Crippen molar-refractivity contribution in [2.24, 2.45) is 5.73 Å². The van der Waals surface area contributed by atoms with Crippen molar-refractivity contribution in [3.63, 3.8) is 0 Å². The van der Waals surface area contributed by atoms with Gasteiger partial charge in [0.2, 0.25) is 5.91 Å². The van der Waals surface area contributed by atoms with Crippen LogP contribution in [0.1, 0.15) is 13.3 Å². The fraction of sp³-hybridized carbons (Fsp3) is 0.714. The maximum atomic E-state index is 9.12. The van der Waals surface area contributed by atoms with E-state index in [1.54, 1.807) is 0 Å². The summed E-state index contributed by atoms with van der Waals surface area (Å²) in [4.78, 5) is 0. The highest BCUT2D eigenvalue weighted by molar-refractivity contribution is 5.00. The molecule has 0 unspecified atom stereocenters. The SMILES string of the molecule is C=C(C)C(O)(O)NCCCN. The van der Waals surface area contributed by atoms with E-state index in [1.165, 1.54) is 6.92 Å². The molecule has 5 N–H and O–H groups in total. The molecule has 11 heavy (non-hydrogen) atoms. The topological polar surface area (TPSA) is 78.5 Å². The fourth-order valence-corrected chi connectivity index (χ4v) is 0.516.